The fraction of sp³-hybridized carbons (Fsp3) is 0.762. The van der Waals surface area contributed by atoms with E-state index in [4.69, 9.17) is 18.6 Å². The van der Waals surface area contributed by atoms with Crippen LogP contribution in [-0.2, 0) is 23.4 Å². The highest BCUT2D eigenvalue weighted by Crippen LogP contribution is 2.51. The van der Waals surface area contributed by atoms with Crippen molar-refractivity contribution in [1.82, 2.24) is 9.55 Å². The molecule has 1 saturated heterocycles. The third kappa shape index (κ3) is 4.75. The molecule has 0 unspecified atom stereocenters. The highest BCUT2D eigenvalue weighted by Gasteiger charge is 2.71. The van der Waals surface area contributed by atoms with Crippen LogP contribution in [0.1, 0.15) is 54.7 Å². The van der Waals surface area contributed by atoms with Crippen molar-refractivity contribution in [1.29, 1.82) is 0 Å². The number of rotatable bonds is 8. The van der Waals surface area contributed by atoms with Crippen LogP contribution >= 0.6 is 0 Å². The number of hydrogen-bond donors (Lipinski definition) is 1. The van der Waals surface area contributed by atoms with Gasteiger partial charge in [-0.25, -0.2) is 9.59 Å². The van der Waals surface area contributed by atoms with Crippen molar-refractivity contribution in [3.8, 4) is 0 Å². The van der Waals surface area contributed by atoms with E-state index in [0.29, 0.717) is 0 Å². The predicted molar refractivity (Wildman–Crippen MR) is 119 cm³/mol. The summed E-state index contributed by atoms with van der Waals surface area (Å²) in [5.74, 6) is -4.32. The van der Waals surface area contributed by atoms with Crippen LogP contribution < -0.4 is 11.2 Å². The first-order valence-corrected chi connectivity index (χ1v) is 13.4. The van der Waals surface area contributed by atoms with Gasteiger partial charge in [0.1, 0.15) is 11.2 Å². The Labute approximate surface area is 188 Å². The monoisotopic (exact) mass is 474 g/mol. The number of ether oxygens (including phenoxy) is 3. The van der Waals surface area contributed by atoms with Crippen molar-refractivity contribution in [3.05, 3.63) is 33.1 Å². The zero-order chi connectivity index (χ0) is 24.5. The molecule has 1 aromatic rings. The third-order valence-corrected chi connectivity index (χ3v) is 10.8. The van der Waals surface area contributed by atoms with Crippen LogP contribution in [0.2, 0.25) is 18.1 Å². The molecule has 11 heteroatoms. The van der Waals surface area contributed by atoms with Crippen LogP contribution in [-0.4, -0.2) is 54.1 Å². The summed E-state index contributed by atoms with van der Waals surface area (Å²) >= 11 is 0. The van der Waals surface area contributed by atoms with E-state index in [-0.39, 0.29) is 0 Å². The summed E-state index contributed by atoms with van der Waals surface area (Å²) in [5, 5.41) is 0. The molecule has 0 bridgehead atoms. The fourth-order valence-electron chi connectivity index (χ4n) is 4.21. The van der Waals surface area contributed by atoms with Crippen LogP contribution in [0.3, 0.4) is 0 Å². The average Bonchev–Trinajstić information content (AvgIpc) is 2.92. The molecular weight excluding hydrogens is 439 g/mol. The number of carbonyl (C=O) groups excluding carboxylic acids is 1. The van der Waals surface area contributed by atoms with Gasteiger partial charge in [-0.3, -0.25) is 14.3 Å². The molecule has 2 heterocycles. The second-order valence-electron chi connectivity index (χ2n) is 9.28. The minimum atomic E-state index is -3.05. The van der Waals surface area contributed by atoms with E-state index in [1.54, 1.807) is 27.7 Å². The predicted octanol–water partition coefficient (Wildman–Crippen LogP) is 2.87. The van der Waals surface area contributed by atoms with Gasteiger partial charge in [0.15, 0.2) is 20.6 Å². The van der Waals surface area contributed by atoms with Crippen LogP contribution in [0.4, 0.5) is 4.39 Å². The van der Waals surface area contributed by atoms with Crippen LogP contribution in [0.5, 0.6) is 0 Å². The molecule has 1 aliphatic heterocycles. The molecule has 1 fully saturated rings. The zero-order valence-electron chi connectivity index (χ0n) is 20.1. The first kappa shape index (κ1) is 26.4. The number of hydrogen-bond acceptors (Lipinski definition) is 7. The molecule has 9 nitrogen and oxygen atoms in total. The number of methoxy groups -OCH3 is 1. The molecule has 32 heavy (non-hydrogen) atoms. The van der Waals surface area contributed by atoms with Crippen molar-refractivity contribution in [2.45, 2.75) is 96.0 Å². The van der Waals surface area contributed by atoms with Crippen molar-refractivity contribution in [2.24, 2.45) is 0 Å². The molecule has 4 atom stereocenters. The van der Waals surface area contributed by atoms with E-state index in [9.17, 15) is 14.4 Å². The van der Waals surface area contributed by atoms with Gasteiger partial charge in [0.2, 0.25) is 0 Å². The zero-order valence-corrected chi connectivity index (χ0v) is 21.1. The Morgan fingerprint density at radius 3 is 2.25 bits per heavy atom. The Kier molecular flexibility index (Phi) is 7.60. The first-order chi connectivity index (χ1) is 14.7. The van der Waals surface area contributed by atoms with Gasteiger partial charge in [-0.15, -0.1) is 0 Å². The molecule has 1 aliphatic rings. The highest BCUT2D eigenvalue weighted by molar-refractivity contribution is 6.73. The lowest BCUT2D eigenvalue weighted by atomic mass is 9.94. The van der Waals surface area contributed by atoms with E-state index in [2.05, 4.69) is 4.98 Å². The summed E-state index contributed by atoms with van der Waals surface area (Å²) in [6.07, 6.45) is -1.75. The van der Waals surface area contributed by atoms with E-state index in [0.717, 1.165) is 28.8 Å². The van der Waals surface area contributed by atoms with Gasteiger partial charge < -0.3 is 18.6 Å². The van der Waals surface area contributed by atoms with Crippen LogP contribution in [0.25, 0.3) is 0 Å². The van der Waals surface area contributed by atoms with Crippen molar-refractivity contribution in [2.75, 3.05) is 7.11 Å². The van der Waals surface area contributed by atoms with Gasteiger partial charge in [-0.2, -0.15) is 4.39 Å². The van der Waals surface area contributed by atoms with E-state index in [1.165, 1.54) is 13.3 Å². The quantitative estimate of drug-likeness (QED) is 0.456. The highest BCUT2D eigenvalue weighted by atomic mass is 28.4. The Morgan fingerprint density at radius 1 is 1.25 bits per heavy atom. The molecule has 0 amide bonds. The standard InChI is InChI=1S/C21H35FN2O7Si/c1-9-32(10-2,11-3)31-20(7)15(28-8)21(22,17(26)30-19(4,5)6)29-16(20)24-13-12-14(25)23-18(24)27/h12-13,15-16H,9-11H2,1-8H3,(H,23,25,27)/t15-,16+,20+,21-/m0/s1. The number of aromatic amines is 1. The van der Waals surface area contributed by atoms with Crippen LogP contribution in [0, 0.1) is 0 Å². The van der Waals surface area contributed by atoms with Crippen molar-refractivity contribution >= 4 is 14.3 Å². The van der Waals surface area contributed by atoms with Crippen molar-refractivity contribution in [3.63, 3.8) is 0 Å². The van der Waals surface area contributed by atoms with Gasteiger partial charge in [-0.1, -0.05) is 20.8 Å². The summed E-state index contributed by atoms with van der Waals surface area (Å²) in [4.78, 5) is 39.3. The maximum atomic E-state index is 16.4. The Morgan fingerprint density at radius 2 is 1.81 bits per heavy atom. The largest absolute Gasteiger partial charge is 0.456 e. The molecule has 1 aromatic heterocycles. The molecule has 0 aromatic carbocycles. The van der Waals surface area contributed by atoms with Gasteiger partial charge in [0, 0.05) is 19.4 Å². The number of nitrogens with one attached hydrogen (secondary N) is 1. The van der Waals surface area contributed by atoms with Crippen LogP contribution in [0.15, 0.2) is 21.9 Å². The number of H-pyrrole nitrogens is 1. The Hall–Kier alpha value is -1.82. The van der Waals surface area contributed by atoms with E-state index in [1.807, 2.05) is 20.8 Å². The number of alkyl halides is 1. The normalized spacial score (nSPS) is 28.7. The number of nitrogens with zero attached hydrogens (tertiary/aromatic N) is 1. The molecule has 0 aliphatic carbocycles. The summed E-state index contributed by atoms with van der Waals surface area (Å²) in [7, 11) is -1.18. The lowest BCUT2D eigenvalue weighted by Gasteiger charge is -2.43. The maximum Gasteiger partial charge on any atom is 0.375 e. The van der Waals surface area contributed by atoms with E-state index >= 15 is 4.39 Å². The molecule has 2 rings (SSSR count). The lowest BCUT2D eigenvalue weighted by molar-refractivity contribution is -0.229. The molecular formula is C21H35FN2O7Si. The number of aromatic nitrogens is 2. The SMILES string of the molecule is CC[Si](CC)(CC)O[C@@]1(C)[C@H](n2ccc(=O)[nH]c2=O)O[C@](F)(C(=O)OC(C)(C)C)[C@H]1OC. The molecule has 0 spiro atoms. The minimum absolute atomic E-state index is 0.617. The molecule has 0 saturated carbocycles. The summed E-state index contributed by atoms with van der Waals surface area (Å²) in [5.41, 5.74) is -4.00. The Balaban J connectivity index is 2.71. The van der Waals surface area contributed by atoms with E-state index < -0.39 is 54.9 Å². The number of esters is 1. The van der Waals surface area contributed by atoms with Gasteiger partial charge in [-0.05, 0) is 45.8 Å². The maximum absolute atomic E-state index is 16.4. The topological polar surface area (TPSA) is 109 Å². The smallest absolute Gasteiger partial charge is 0.375 e. The van der Waals surface area contributed by atoms with Gasteiger partial charge in [0.25, 0.3) is 5.56 Å². The minimum Gasteiger partial charge on any atom is -0.456 e. The van der Waals surface area contributed by atoms with Gasteiger partial charge in [0.05, 0.1) is 0 Å². The number of halogens is 1. The average molecular weight is 475 g/mol. The lowest BCUT2D eigenvalue weighted by Crippen LogP contribution is -2.59. The summed E-state index contributed by atoms with van der Waals surface area (Å²) in [6.45, 7) is 12.4. The summed E-state index contributed by atoms with van der Waals surface area (Å²) < 4.78 is 40.4. The second kappa shape index (κ2) is 9.20. The van der Waals surface area contributed by atoms with Crippen molar-refractivity contribution < 1.29 is 27.8 Å². The molecule has 0 radical (unpaired) electrons. The fourth-order valence-corrected chi connectivity index (χ4v) is 7.28. The number of carbonyl (C=O) groups is 1. The summed E-state index contributed by atoms with van der Waals surface area (Å²) in [6, 6.07) is 3.30. The molecule has 182 valence electrons. The Bertz CT molecular complexity index is 931. The van der Waals surface area contributed by atoms with Gasteiger partial charge >= 0.3 is 17.5 Å². The third-order valence-electron chi connectivity index (χ3n) is 6.02. The second-order valence-corrected chi connectivity index (χ2v) is 14.0. The first-order valence-electron chi connectivity index (χ1n) is 10.9. The molecule has 1 N–H and O–H groups in total.